The van der Waals surface area contributed by atoms with Gasteiger partial charge >= 0.3 is 0 Å². The molecule has 5 heteroatoms. The maximum atomic E-state index is 5.46. The minimum Gasteiger partial charge on any atom is -0.496 e. The Balaban J connectivity index is 1.88. The molecule has 0 unspecified atom stereocenters. The number of ether oxygens (including phenoxy) is 1. The summed E-state index contributed by atoms with van der Waals surface area (Å²) in [7, 11) is 7.63. The lowest BCUT2D eigenvalue weighted by Gasteiger charge is -2.15. The van der Waals surface area contributed by atoms with Crippen LogP contribution in [-0.4, -0.2) is 39.1 Å². The van der Waals surface area contributed by atoms with Gasteiger partial charge in [-0.25, -0.2) is 0 Å². The molecular weight excluding hydrogens is 324 g/mol. The van der Waals surface area contributed by atoms with Gasteiger partial charge in [-0.05, 0) is 43.8 Å². The highest BCUT2D eigenvalue weighted by atomic mass is 16.5. The molecule has 26 heavy (non-hydrogen) atoms. The third-order valence-corrected chi connectivity index (χ3v) is 4.09. The summed E-state index contributed by atoms with van der Waals surface area (Å²) in [6.45, 7) is 4.40. The van der Waals surface area contributed by atoms with E-state index >= 15 is 0 Å². The predicted octanol–water partition coefficient (Wildman–Crippen LogP) is 2.93. The highest BCUT2D eigenvalue weighted by Gasteiger charge is 2.05. The highest BCUT2D eigenvalue weighted by Crippen LogP contribution is 2.19. The van der Waals surface area contributed by atoms with E-state index in [0.717, 1.165) is 30.4 Å². The summed E-state index contributed by atoms with van der Waals surface area (Å²) in [6, 6.07) is 14.9. The molecule has 0 heterocycles. The topological polar surface area (TPSA) is 48.9 Å². The van der Waals surface area contributed by atoms with Crippen LogP contribution in [0.3, 0.4) is 0 Å². The molecule has 0 saturated carbocycles. The molecule has 0 fully saturated rings. The Bertz CT molecular complexity index is 723. The van der Waals surface area contributed by atoms with Gasteiger partial charge in [-0.2, -0.15) is 0 Å². The lowest BCUT2D eigenvalue weighted by molar-refractivity contribution is 0.402. The minimum absolute atomic E-state index is 0.658. The maximum Gasteiger partial charge on any atom is 0.191 e. The van der Waals surface area contributed by atoms with Crippen molar-refractivity contribution >= 4 is 5.96 Å². The monoisotopic (exact) mass is 354 g/mol. The van der Waals surface area contributed by atoms with Crippen LogP contribution in [0.15, 0.2) is 47.5 Å². The largest absolute Gasteiger partial charge is 0.496 e. The summed E-state index contributed by atoms with van der Waals surface area (Å²) in [4.78, 5) is 6.46. The summed E-state index contributed by atoms with van der Waals surface area (Å²) >= 11 is 0. The van der Waals surface area contributed by atoms with Crippen molar-refractivity contribution in [3.8, 4) is 5.75 Å². The molecule has 0 atom stereocenters. The molecule has 2 rings (SSSR count). The summed E-state index contributed by atoms with van der Waals surface area (Å²) < 4.78 is 5.46. The third kappa shape index (κ3) is 6.08. The molecule has 0 aliphatic carbocycles. The molecular formula is C21H30N4O. The molecule has 2 N–H and O–H groups in total. The third-order valence-electron chi connectivity index (χ3n) is 4.09. The number of methoxy groups -OCH3 is 1. The second-order valence-electron chi connectivity index (χ2n) is 6.65. The molecule has 0 amide bonds. The van der Waals surface area contributed by atoms with Gasteiger partial charge in [0.25, 0.3) is 0 Å². The van der Waals surface area contributed by atoms with E-state index in [1.807, 2.05) is 6.07 Å². The van der Waals surface area contributed by atoms with E-state index in [2.05, 4.69) is 77.9 Å². The molecule has 0 aliphatic rings. The molecule has 0 aliphatic heterocycles. The number of benzene rings is 2. The van der Waals surface area contributed by atoms with E-state index in [4.69, 9.17) is 4.74 Å². The van der Waals surface area contributed by atoms with Crippen LogP contribution in [0, 0.1) is 6.92 Å². The van der Waals surface area contributed by atoms with Crippen molar-refractivity contribution in [1.82, 2.24) is 15.5 Å². The normalized spacial score (nSPS) is 11.5. The zero-order valence-corrected chi connectivity index (χ0v) is 16.5. The van der Waals surface area contributed by atoms with Crippen molar-refractivity contribution in [3.63, 3.8) is 0 Å². The standard InChI is InChI=1S/C21H30N4O/c1-16-6-11-19(20(12-16)26-5)14-24-21(22-2)23-13-17-7-9-18(10-8-17)15-25(3)4/h6-12H,13-15H2,1-5H3,(H2,22,23,24). The van der Waals surface area contributed by atoms with E-state index in [9.17, 15) is 0 Å². The van der Waals surface area contributed by atoms with Gasteiger partial charge in [-0.1, -0.05) is 36.4 Å². The van der Waals surface area contributed by atoms with Crippen molar-refractivity contribution in [3.05, 3.63) is 64.7 Å². The van der Waals surface area contributed by atoms with Crippen LogP contribution in [-0.2, 0) is 19.6 Å². The summed E-state index contributed by atoms with van der Waals surface area (Å²) in [5.74, 6) is 1.66. The Hall–Kier alpha value is -2.53. The first-order valence-corrected chi connectivity index (χ1v) is 8.82. The first kappa shape index (κ1) is 19.8. The molecule has 0 spiro atoms. The predicted molar refractivity (Wildman–Crippen MR) is 109 cm³/mol. The van der Waals surface area contributed by atoms with E-state index in [-0.39, 0.29) is 0 Å². The fourth-order valence-electron chi connectivity index (χ4n) is 2.71. The summed E-state index contributed by atoms with van der Waals surface area (Å²) in [6.07, 6.45) is 0. The Kier molecular flexibility index (Phi) is 7.48. The van der Waals surface area contributed by atoms with Gasteiger partial charge in [0.05, 0.1) is 7.11 Å². The number of nitrogens with one attached hydrogen (secondary N) is 2. The average molecular weight is 354 g/mol. The quantitative estimate of drug-likeness (QED) is 0.593. The lowest BCUT2D eigenvalue weighted by atomic mass is 10.1. The fourth-order valence-corrected chi connectivity index (χ4v) is 2.71. The smallest absolute Gasteiger partial charge is 0.191 e. The van der Waals surface area contributed by atoms with Crippen LogP contribution in [0.1, 0.15) is 22.3 Å². The molecule has 2 aromatic rings. The second-order valence-corrected chi connectivity index (χ2v) is 6.65. The zero-order chi connectivity index (χ0) is 18.9. The molecule has 0 saturated heterocycles. The number of nitrogens with zero attached hydrogens (tertiary/aromatic N) is 2. The molecule has 5 nitrogen and oxygen atoms in total. The van der Waals surface area contributed by atoms with Crippen molar-refractivity contribution in [2.45, 2.75) is 26.6 Å². The molecule has 0 radical (unpaired) electrons. The first-order valence-electron chi connectivity index (χ1n) is 8.82. The van der Waals surface area contributed by atoms with Crippen LogP contribution in [0.25, 0.3) is 0 Å². The van der Waals surface area contributed by atoms with E-state index in [0.29, 0.717) is 6.54 Å². The number of aliphatic imine (C=N–C) groups is 1. The van der Waals surface area contributed by atoms with Crippen LogP contribution < -0.4 is 15.4 Å². The second kappa shape index (κ2) is 9.82. The van der Waals surface area contributed by atoms with Gasteiger partial charge in [0.2, 0.25) is 0 Å². The maximum absolute atomic E-state index is 5.46. The number of aryl methyl sites for hydroxylation is 1. The lowest BCUT2D eigenvalue weighted by Crippen LogP contribution is -2.36. The molecule has 2 aromatic carbocycles. The van der Waals surface area contributed by atoms with Gasteiger partial charge in [-0.3, -0.25) is 4.99 Å². The van der Waals surface area contributed by atoms with Crippen molar-refractivity contribution in [2.75, 3.05) is 28.3 Å². The Morgan fingerprint density at radius 1 is 1.00 bits per heavy atom. The summed E-state index contributed by atoms with van der Waals surface area (Å²) in [5, 5.41) is 6.69. The SMILES string of the molecule is CN=C(NCc1ccc(CN(C)C)cc1)NCc1ccc(C)cc1OC. The molecule has 0 aromatic heterocycles. The van der Waals surface area contributed by atoms with Gasteiger partial charge in [-0.15, -0.1) is 0 Å². The Labute approximate surface area is 157 Å². The fraction of sp³-hybridized carbons (Fsp3) is 0.381. The van der Waals surface area contributed by atoms with Crippen LogP contribution >= 0.6 is 0 Å². The van der Waals surface area contributed by atoms with Crippen molar-refractivity contribution in [2.24, 2.45) is 4.99 Å². The Morgan fingerprint density at radius 2 is 1.65 bits per heavy atom. The van der Waals surface area contributed by atoms with E-state index in [1.165, 1.54) is 16.7 Å². The van der Waals surface area contributed by atoms with Gasteiger partial charge in [0.1, 0.15) is 5.75 Å². The van der Waals surface area contributed by atoms with Crippen LogP contribution in [0.4, 0.5) is 0 Å². The van der Waals surface area contributed by atoms with Crippen LogP contribution in [0.5, 0.6) is 5.75 Å². The van der Waals surface area contributed by atoms with Crippen molar-refractivity contribution in [1.29, 1.82) is 0 Å². The van der Waals surface area contributed by atoms with E-state index < -0.39 is 0 Å². The summed E-state index contributed by atoms with van der Waals surface area (Å²) in [5.41, 5.74) is 4.83. The first-order chi connectivity index (χ1) is 12.5. The highest BCUT2D eigenvalue weighted by molar-refractivity contribution is 5.79. The minimum atomic E-state index is 0.658. The van der Waals surface area contributed by atoms with Crippen molar-refractivity contribution < 1.29 is 4.74 Å². The average Bonchev–Trinajstić information content (AvgIpc) is 2.63. The Morgan fingerprint density at radius 3 is 2.27 bits per heavy atom. The van der Waals surface area contributed by atoms with Gasteiger partial charge in [0.15, 0.2) is 5.96 Å². The van der Waals surface area contributed by atoms with E-state index in [1.54, 1.807) is 14.2 Å². The van der Waals surface area contributed by atoms with Gasteiger partial charge in [0, 0.05) is 32.2 Å². The van der Waals surface area contributed by atoms with Gasteiger partial charge < -0.3 is 20.3 Å². The number of guanidine groups is 1. The zero-order valence-electron chi connectivity index (χ0n) is 16.5. The number of hydrogen-bond acceptors (Lipinski definition) is 3. The molecule has 140 valence electrons. The number of hydrogen-bond donors (Lipinski definition) is 2. The van der Waals surface area contributed by atoms with Crippen LogP contribution in [0.2, 0.25) is 0 Å². The molecule has 0 bridgehead atoms. The number of rotatable bonds is 7.